The molecule has 1 aliphatic rings. The highest BCUT2D eigenvalue weighted by Crippen LogP contribution is 2.33. The van der Waals surface area contributed by atoms with Gasteiger partial charge < -0.3 is 4.90 Å². The van der Waals surface area contributed by atoms with Crippen molar-refractivity contribution in [2.45, 2.75) is 31.2 Å². The molecule has 3 rings (SSSR count). The van der Waals surface area contributed by atoms with Gasteiger partial charge in [0.2, 0.25) is 10.0 Å². The number of rotatable bonds is 4. The largest absolute Gasteiger partial charge is 0.305 e. The summed E-state index contributed by atoms with van der Waals surface area (Å²) in [4.78, 5) is 6.59. The molecule has 0 bridgehead atoms. The molecule has 0 saturated carbocycles. The summed E-state index contributed by atoms with van der Waals surface area (Å²) in [6, 6.07) is 7.49. The molecule has 6 heteroatoms. The fourth-order valence-corrected chi connectivity index (χ4v) is 4.98. The highest BCUT2D eigenvalue weighted by molar-refractivity contribution is 7.89. The van der Waals surface area contributed by atoms with Gasteiger partial charge in [0.15, 0.2) is 0 Å². The number of aryl methyl sites for hydroxylation is 2. The van der Waals surface area contributed by atoms with E-state index in [-0.39, 0.29) is 6.04 Å². The molecule has 5 nitrogen and oxygen atoms in total. The molecule has 2 heterocycles. The number of hydrogen-bond acceptors (Lipinski definition) is 4. The number of nitrogens with zero attached hydrogens (tertiary/aromatic N) is 3. The van der Waals surface area contributed by atoms with E-state index in [0.29, 0.717) is 4.90 Å². The van der Waals surface area contributed by atoms with Crippen molar-refractivity contribution in [2.24, 2.45) is 0 Å². The van der Waals surface area contributed by atoms with Crippen LogP contribution in [-0.2, 0) is 10.0 Å². The molecule has 25 heavy (non-hydrogen) atoms. The Kier molecular flexibility index (Phi) is 4.95. The third kappa shape index (κ3) is 3.47. The average Bonchev–Trinajstić information content (AvgIpc) is 3.03. The van der Waals surface area contributed by atoms with Gasteiger partial charge in [-0.05, 0) is 74.8 Å². The Balaban J connectivity index is 2.10. The summed E-state index contributed by atoms with van der Waals surface area (Å²) in [6.45, 7) is 5.65. The molecule has 1 aromatic heterocycles. The van der Waals surface area contributed by atoms with Crippen LogP contribution in [0.3, 0.4) is 0 Å². The third-order valence-corrected chi connectivity index (χ3v) is 7.07. The molecule has 1 unspecified atom stereocenters. The zero-order valence-corrected chi connectivity index (χ0v) is 16.0. The smallest absolute Gasteiger partial charge is 0.243 e. The summed E-state index contributed by atoms with van der Waals surface area (Å²) >= 11 is 0. The van der Waals surface area contributed by atoms with Crippen LogP contribution in [0.1, 0.15) is 17.5 Å². The van der Waals surface area contributed by atoms with Gasteiger partial charge in [0.1, 0.15) is 0 Å². The average molecular weight is 359 g/mol. The molecule has 1 fully saturated rings. The Labute approximate surface area is 150 Å². The Hall–Kier alpha value is -1.76. The Bertz CT molecular complexity index is 866. The predicted octanol–water partition coefficient (Wildman–Crippen LogP) is 2.69. The van der Waals surface area contributed by atoms with Gasteiger partial charge in [0.25, 0.3) is 0 Å². The van der Waals surface area contributed by atoms with Gasteiger partial charge in [-0.25, -0.2) is 8.42 Å². The van der Waals surface area contributed by atoms with Crippen molar-refractivity contribution >= 4 is 10.0 Å². The summed E-state index contributed by atoms with van der Waals surface area (Å²) in [5.41, 5.74) is 3.67. The zero-order chi connectivity index (χ0) is 18.2. The lowest BCUT2D eigenvalue weighted by atomic mass is 10.0. The van der Waals surface area contributed by atoms with Crippen molar-refractivity contribution in [3.05, 3.63) is 47.8 Å². The van der Waals surface area contributed by atoms with E-state index in [1.165, 1.54) is 0 Å². The number of likely N-dealkylation sites (tertiary alicyclic amines) is 1. The maximum atomic E-state index is 13.4. The second-order valence-electron chi connectivity index (χ2n) is 6.89. The summed E-state index contributed by atoms with van der Waals surface area (Å²) in [7, 11) is 0.148. The molecule has 0 N–H and O–H groups in total. The number of hydrogen-bond donors (Lipinski definition) is 0. The fraction of sp³-hybridized carbons (Fsp3) is 0.421. The van der Waals surface area contributed by atoms with Gasteiger partial charge in [-0.1, -0.05) is 0 Å². The second kappa shape index (κ2) is 6.86. The molecule has 0 amide bonds. The maximum Gasteiger partial charge on any atom is 0.243 e. The van der Waals surface area contributed by atoms with Crippen LogP contribution in [0.4, 0.5) is 0 Å². The molecule has 2 aromatic rings. The Morgan fingerprint density at radius 2 is 1.80 bits per heavy atom. The maximum absolute atomic E-state index is 13.4. The monoisotopic (exact) mass is 359 g/mol. The SMILES string of the molecule is Cc1cc(-c2ccncc2)c(S(=O)(=O)N(C)C2CCN(C)C2)cc1C. The first-order valence-electron chi connectivity index (χ1n) is 8.49. The number of pyridine rings is 1. The second-order valence-corrected chi connectivity index (χ2v) is 8.86. The van der Waals surface area contributed by atoms with Crippen LogP contribution >= 0.6 is 0 Å². The quantitative estimate of drug-likeness (QED) is 0.842. The zero-order valence-electron chi connectivity index (χ0n) is 15.2. The molecular formula is C19H25N3O2S. The lowest BCUT2D eigenvalue weighted by Crippen LogP contribution is -2.38. The summed E-state index contributed by atoms with van der Waals surface area (Å²) in [6.07, 6.45) is 4.24. The van der Waals surface area contributed by atoms with Gasteiger partial charge in [0, 0.05) is 37.6 Å². The van der Waals surface area contributed by atoms with E-state index in [1.807, 2.05) is 39.1 Å². The lowest BCUT2D eigenvalue weighted by molar-refractivity contribution is 0.345. The van der Waals surface area contributed by atoms with Crippen molar-refractivity contribution in [1.29, 1.82) is 0 Å². The van der Waals surface area contributed by atoms with E-state index in [4.69, 9.17) is 0 Å². The van der Waals surface area contributed by atoms with Crippen LogP contribution in [0.5, 0.6) is 0 Å². The number of aromatic nitrogens is 1. The predicted molar refractivity (Wildman–Crippen MR) is 100.0 cm³/mol. The first kappa shape index (κ1) is 18.0. The van der Waals surface area contributed by atoms with Crippen molar-refractivity contribution < 1.29 is 8.42 Å². The van der Waals surface area contributed by atoms with Crippen LogP contribution in [0.2, 0.25) is 0 Å². The number of sulfonamides is 1. The molecule has 1 aromatic carbocycles. The topological polar surface area (TPSA) is 53.5 Å². The Morgan fingerprint density at radius 3 is 2.40 bits per heavy atom. The number of likely N-dealkylation sites (N-methyl/N-ethyl adjacent to an activating group) is 2. The van der Waals surface area contributed by atoms with Gasteiger partial charge in [-0.3, -0.25) is 4.98 Å². The molecule has 0 spiro atoms. The standard InChI is InChI=1S/C19H25N3O2S/c1-14-11-18(16-5-8-20-9-6-16)19(12-15(14)2)25(23,24)22(4)17-7-10-21(3)13-17/h5-6,8-9,11-12,17H,7,10,13H2,1-4H3. The van der Waals surface area contributed by atoms with E-state index in [9.17, 15) is 8.42 Å². The van der Waals surface area contributed by atoms with Gasteiger partial charge >= 0.3 is 0 Å². The van der Waals surface area contributed by atoms with Crippen LogP contribution in [0.15, 0.2) is 41.6 Å². The van der Waals surface area contributed by atoms with E-state index >= 15 is 0 Å². The third-order valence-electron chi connectivity index (χ3n) is 5.12. The summed E-state index contributed by atoms with van der Waals surface area (Å²) < 4.78 is 28.3. The fourth-order valence-electron chi connectivity index (χ4n) is 3.32. The van der Waals surface area contributed by atoms with Crippen molar-refractivity contribution in [2.75, 3.05) is 27.2 Å². The highest BCUT2D eigenvalue weighted by Gasteiger charge is 2.33. The molecular weight excluding hydrogens is 334 g/mol. The van der Waals surface area contributed by atoms with Crippen molar-refractivity contribution in [3.8, 4) is 11.1 Å². The van der Waals surface area contributed by atoms with E-state index in [2.05, 4.69) is 9.88 Å². The van der Waals surface area contributed by atoms with Crippen LogP contribution < -0.4 is 0 Å². The van der Waals surface area contributed by atoms with Crippen LogP contribution in [0, 0.1) is 13.8 Å². The van der Waals surface area contributed by atoms with Crippen molar-refractivity contribution in [1.82, 2.24) is 14.2 Å². The first-order chi connectivity index (χ1) is 11.8. The molecule has 0 radical (unpaired) electrons. The lowest BCUT2D eigenvalue weighted by Gasteiger charge is -2.25. The minimum atomic E-state index is -3.58. The van der Waals surface area contributed by atoms with E-state index in [0.717, 1.165) is 41.8 Å². The molecule has 1 aliphatic heterocycles. The van der Waals surface area contributed by atoms with Gasteiger partial charge in [-0.2, -0.15) is 4.31 Å². The van der Waals surface area contributed by atoms with Crippen LogP contribution in [0.25, 0.3) is 11.1 Å². The number of benzene rings is 1. The summed E-state index contributed by atoms with van der Waals surface area (Å²) in [5, 5.41) is 0. The highest BCUT2D eigenvalue weighted by atomic mass is 32.2. The molecule has 1 saturated heterocycles. The molecule has 0 aliphatic carbocycles. The normalized spacial score (nSPS) is 18.8. The van der Waals surface area contributed by atoms with E-state index < -0.39 is 10.0 Å². The van der Waals surface area contributed by atoms with Gasteiger partial charge in [-0.15, -0.1) is 0 Å². The minimum absolute atomic E-state index is 0.0156. The molecule has 1 atom stereocenters. The Morgan fingerprint density at radius 1 is 1.16 bits per heavy atom. The van der Waals surface area contributed by atoms with Crippen LogP contribution in [-0.4, -0.2) is 55.8 Å². The minimum Gasteiger partial charge on any atom is -0.305 e. The van der Waals surface area contributed by atoms with Gasteiger partial charge in [0.05, 0.1) is 4.90 Å². The van der Waals surface area contributed by atoms with Crippen molar-refractivity contribution in [3.63, 3.8) is 0 Å². The van der Waals surface area contributed by atoms with E-state index in [1.54, 1.807) is 29.8 Å². The molecule has 134 valence electrons. The first-order valence-corrected chi connectivity index (χ1v) is 9.93. The summed E-state index contributed by atoms with van der Waals surface area (Å²) in [5.74, 6) is 0.